The summed E-state index contributed by atoms with van der Waals surface area (Å²) in [6.07, 6.45) is 5.88. The van der Waals surface area contributed by atoms with Crippen molar-refractivity contribution in [3.8, 4) is 0 Å². The van der Waals surface area contributed by atoms with Gasteiger partial charge in [0.05, 0.1) is 0 Å². The molecule has 0 aliphatic carbocycles. The Kier molecular flexibility index (Phi) is 5.63. The van der Waals surface area contributed by atoms with Crippen LogP contribution in [0, 0.1) is 5.92 Å². The van der Waals surface area contributed by atoms with E-state index in [9.17, 15) is 4.79 Å². The van der Waals surface area contributed by atoms with Gasteiger partial charge in [-0.15, -0.1) is 5.10 Å². The van der Waals surface area contributed by atoms with Crippen LogP contribution in [0.3, 0.4) is 0 Å². The number of piperidine rings is 1. The summed E-state index contributed by atoms with van der Waals surface area (Å²) in [6.45, 7) is 4.01. The molecule has 6 heteroatoms. The van der Waals surface area contributed by atoms with Crippen LogP contribution < -0.4 is 15.5 Å². The smallest absolute Gasteiger partial charge is 0.251 e. The average Bonchev–Trinajstić information content (AvgIpc) is 3.23. The molecule has 3 heterocycles. The van der Waals surface area contributed by atoms with Crippen LogP contribution in [0.15, 0.2) is 42.6 Å². The molecule has 2 aliphatic rings. The van der Waals surface area contributed by atoms with Crippen molar-refractivity contribution in [2.75, 3.05) is 31.1 Å². The van der Waals surface area contributed by atoms with Gasteiger partial charge in [0.25, 0.3) is 5.91 Å². The van der Waals surface area contributed by atoms with Gasteiger partial charge in [0.1, 0.15) is 0 Å². The zero-order chi connectivity index (χ0) is 18.5. The minimum Gasteiger partial charge on any atom is -0.355 e. The van der Waals surface area contributed by atoms with E-state index < -0.39 is 0 Å². The van der Waals surface area contributed by atoms with Crippen molar-refractivity contribution in [1.82, 2.24) is 20.8 Å². The highest BCUT2D eigenvalue weighted by atomic mass is 16.1. The van der Waals surface area contributed by atoms with Gasteiger partial charge in [-0.2, -0.15) is 5.10 Å². The molecular weight excluding hydrogens is 338 g/mol. The molecule has 2 fully saturated rings. The maximum Gasteiger partial charge on any atom is 0.251 e. The Morgan fingerprint density at radius 2 is 1.96 bits per heavy atom. The Bertz CT molecular complexity index is 735. The summed E-state index contributed by atoms with van der Waals surface area (Å²) in [5.74, 6) is 1.67. The molecule has 6 nitrogen and oxygen atoms in total. The fraction of sp³-hybridized carbons (Fsp3) is 0.476. The lowest BCUT2D eigenvalue weighted by atomic mass is 9.97. The predicted molar refractivity (Wildman–Crippen MR) is 106 cm³/mol. The lowest BCUT2D eigenvalue weighted by Crippen LogP contribution is -2.45. The number of hydrogen-bond acceptors (Lipinski definition) is 5. The zero-order valence-corrected chi connectivity index (χ0v) is 15.6. The summed E-state index contributed by atoms with van der Waals surface area (Å²) >= 11 is 0. The summed E-state index contributed by atoms with van der Waals surface area (Å²) in [5, 5.41) is 14.7. The van der Waals surface area contributed by atoms with Crippen molar-refractivity contribution < 1.29 is 4.79 Å². The van der Waals surface area contributed by atoms with Gasteiger partial charge in [0, 0.05) is 30.9 Å². The molecule has 142 valence electrons. The lowest BCUT2D eigenvalue weighted by molar-refractivity contribution is 0.0931. The van der Waals surface area contributed by atoms with E-state index in [-0.39, 0.29) is 11.9 Å². The maximum absolute atomic E-state index is 12.6. The fourth-order valence-corrected chi connectivity index (χ4v) is 4.00. The Morgan fingerprint density at radius 1 is 1.15 bits per heavy atom. The standard InChI is InChI=1S/C21H27N5O/c27-21(18-5-3-16(4-6-18)14-17-7-11-22-15-17)24-19-8-12-26(13-9-19)20-2-1-10-23-25-20/h1-6,10,17,19,22H,7-9,11-15H2,(H,24,27). The van der Waals surface area contributed by atoms with E-state index in [1.807, 2.05) is 24.3 Å². The topological polar surface area (TPSA) is 70.2 Å². The normalized spacial score (nSPS) is 20.6. The second-order valence-electron chi connectivity index (χ2n) is 7.58. The van der Waals surface area contributed by atoms with Crippen LogP contribution in [0.1, 0.15) is 35.2 Å². The molecule has 2 N–H and O–H groups in total. The molecule has 2 aliphatic heterocycles. The summed E-state index contributed by atoms with van der Waals surface area (Å²) in [4.78, 5) is 14.8. The number of hydrogen-bond donors (Lipinski definition) is 2. The van der Waals surface area contributed by atoms with Crippen molar-refractivity contribution in [1.29, 1.82) is 0 Å². The maximum atomic E-state index is 12.6. The number of nitrogens with zero attached hydrogens (tertiary/aromatic N) is 3. The number of carbonyl (C=O) groups is 1. The molecule has 1 aromatic carbocycles. The van der Waals surface area contributed by atoms with Crippen LogP contribution in [0.4, 0.5) is 5.82 Å². The minimum atomic E-state index is 0.0297. The van der Waals surface area contributed by atoms with Gasteiger partial charge in [0.2, 0.25) is 0 Å². The van der Waals surface area contributed by atoms with Crippen LogP contribution in [0.25, 0.3) is 0 Å². The van der Waals surface area contributed by atoms with E-state index in [4.69, 9.17) is 0 Å². The molecule has 0 spiro atoms. The van der Waals surface area contributed by atoms with E-state index in [0.717, 1.165) is 62.7 Å². The SMILES string of the molecule is O=C(NC1CCN(c2cccnn2)CC1)c1ccc(CC2CCNC2)cc1. The van der Waals surface area contributed by atoms with Crippen LogP contribution in [-0.2, 0) is 6.42 Å². The first-order valence-electron chi connectivity index (χ1n) is 9.91. The third kappa shape index (κ3) is 4.63. The number of aromatic nitrogens is 2. The van der Waals surface area contributed by atoms with Crippen molar-refractivity contribution >= 4 is 11.7 Å². The highest BCUT2D eigenvalue weighted by Gasteiger charge is 2.22. The quantitative estimate of drug-likeness (QED) is 0.848. The third-order valence-corrected chi connectivity index (χ3v) is 5.62. The van der Waals surface area contributed by atoms with E-state index in [0.29, 0.717) is 0 Å². The molecule has 2 aromatic rings. The fourth-order valence-electron chi connectivity index (χ4n) is 4.00. The van der Waals surface area contributed by atoms with Crippen molar-refractivity contribution in [3.05, 3.63) is 53.7 Å². The lowest BCUT2D eigenvalue weighted by Gasteiger charge is -2.32. The molecule has 1 aromatic heterocycles. The average molecular weight is 365 g/mol. The van der Waals surface area contributed by atoms with Crippen molar-refractivity contribution in [2.45, 2.75) is 31.7 Å². The molecule has 1 amide bonds. The van der Waals surface area contributed by atoms with Gasteiger partial charge in [-0.1, -0.05) is 12.1 Å². The number of nitrogens with one attached hydrogen (secondary N) is 2. The Labute approximate surface area is 160 Å². The van der Waals surface area contributed by atoms with Gasteiger partial charge in [-0.3, -0.25) is 4.79 Å². The van der Waals surface area contributed by atoms with Gasteiger partial charge in [-0.05, 0) is 74.5 Å². The van der Waals surface area contributed by atoms with Crippen LogP contribution >= 0.6 is 0 Å². The highest BCUT2D eigenvalue weighted by molar-refractivity contribution is 5.94. The molecule has 0 bridgehead atoms. The molecule has 1 unspecified atom stereocenters. The first-order chi connectivity index (χ1) is 13.3. The molecule has 1 atom stereocenters. The molecular formula is C21H27N5O. The summed E-state index contributed by atoms with van der Waals surface area (Å²) < 4.78 is 0. The number of rotatable bonds is 5. The highest BCUT2D eigenvalue weighted by Crippen LogP contribution is 2.18. The zero-order valence-electron chi connectivity index (χ0n) is 15.6. The largest absolute Gasteiger partial charge is 0.355 e. The molecule has 0 saturated carbocycles. The van der Waals surface area contributed by atoms with Gasteiger partial charge in [-0.25, -0.2) is 0 Å². The molecule has 2 saturated heterocycles. The van der Waals surface area contributed by atoms with E-state index >= 15 is 0 Å². The monoisotopic (exact) mass is 365 g/mol. The first kappa shape index (κ1) is 17.9. The Hall–Kier alpha value is -2.47. The molecule has 27 heavy (non-hydrogen) atoms. The summed E-state index contributed by atoms with van der Waals surface area (Å²) in [5.41, 5.74) is 2.07. The van der Waals surface area contributed by atoms with E-state index in [2.05, 4.69) is 37.9 Å². The molecule has 4 rings (SSSR count). The molecule has 0 radical (unpaired) electrons. The summed E-state index contributed by atoms with van der Waals surface area (Å²) in [6, 6.07) is 12.2. The summed E-state index contributed by atoms with van der Waals surface area (Å²) in [7, 11) is 0. The third-order valence-electron chi connectivity index (χ3n) is 5.62. The van der Waals surface area contributed by atoms with Gasteiger partial charge in [0.15, 0.2) is 5.82 Å². The Morgan fingerprint density at radius 3 is 2.63 bits per heavy atom. The van der Waals surface area contributed by atoms with Gasteiger partial charge >= 0.3 is 0 Å². The second-order valence-corrected chi connectivity index (χ2v) is 7.58. The van der Waals surface area contributed by atoms with Crippen LogP contribution in [0.5, 0.6) is 0 Å². The predicted octanol–water partition coefficient (Wildman–Crippen LogP) is 2.03. The van der Waals surface area contributed by atoms with Gasteiger partial charge < -0.3 is 15.5 Å². The first-order valence-corrected chi connectivity index (χ1v) is 9.91. The Balaban J connectivity index is 1.26. The van der Waals surface area contributed by atoms with Crippen molar-refractivity contribution in [2.24, 2.45) is 5.92 Å². The van der Waals surface area contributed by atoms with Crippen molar-refractivity contribution in [3.63, 3.8) is 0 Å². The number of carbonyl (C=O) groups excluding carboxylic acids is 1. The second kappa shape index (κ2) is 8.48. The van der Waals surface area contributed by atoms with E-state index in [1.54, 1.807) is 6.20 Å². The van der Waals surface area contributed by atoms with Crippen LogP contribution in [0.2, 0.25) is 0 Å². The van der Waals surface area contributed by atoms with E-state index in [1.165, 1.54) is 12.0 Å². The number of anilines is 1. The van der Waals surface area contributed by atoms with Crippen LogP contribution in [-0.4, -0.2) is 48.3 Å². The number of amides is 1. The number of benzene rings is 1. The minimum absolute atomic E-state index is 0.0297.